The molecule has 0 fully saturated rings. The third-order valence-electron chi connectivity index (χ3n) is 4.91. The molecule has 0 saturated carbocycles. The second-order valence-electron chi connectivity index (χ2n) is 7.35. The van der Waals surface area contributed by atoms with Gasteiger partial charge in [-0.25, -0.2) is 13.5 Å². The number of nitrogens with one attached hydrogen (secondary N) is 3. The number of benzene rings is 3. The van der Waals surface area contributed by atoms with Crippen molar-refractivity contribution in [1.29, 1.82) is 0 Å². The molecule has 0 bridgehead atoms. The van der Waals surface area contributed by atoms with Crippen molar-refractivity contribution in [2.45, 2.75) is 4.90 Å². The first-order valence-corrected chi connectivity index (χ1v) is 12.1. The van der Waals surface area contributed by atoms with E-state index in [1.165, 1.54) is 42.5 Å². The topological polar surface area (TPSA) is 138 Å². The number of rotatable bonds is 5. The molecule has 3 aromatic carbocycles. The number of H-pyrrole nitrogens is 1. The van der Waals surface area contributed by atoms with E-state index in [1.54, 1.807) is 24.3 Å². The maximum Gasteiger partial charge on any atom is 0.276 e. The van der Waals surface area contributed by atoms with Gasteiger partial charge in [-0.05, 0) is 42.5 Å². The van der Waals surface area contributed by atoms with Crippen molar-refractivity contribution in [2.75, 3.05) is 16.9 Å². The van der Waals surface area contributed by atoms with Crippen LogP contribution in [0.4, 0.5) is 11.4 Å². The predicted molar refractivity (Wildman–Crippen MR) is 129 cm³/mol. The minimum Gasteiger partial charge on any atom is -0.321 e. The molecular formula is C23H17ClN4O5S. The summed E-state index contributed by atoms with van der Waals surface area (Å²) in [6.45, 7) is 0. The highest BCUT2D eigenvalue weighted by atomic mass is 35.5. The fraction of sp³-hybridized carbons (Fsp3) is 0.0435. The zero-order valence-corrected chi connectivity index (χ0v) is 19.2. The van der Waals surface area contributed by atoms with E-state index in [9.17, 15) is 22.8 Å². The number of amides is 2. The number of hydrogen-bond acceptors (Lipinski definition) is 6. The van der Waals surface area contributed by atoms with Crippen LogP contribution in [-0.4, -0.2) is 36.7 Å². The predicted octanol–water partition coefficient (Wildman–Crippen LogP) is 3.48. The first kappa shape index (κ1) is 23.1. The Morgan fingerprint density at radius 2 is 1.65 bits per heavy atom. The number of nitrogens with zero attached hydrogens (tertiary/aromatic N) is 1. The van der Waals surface area contributed by atoms with E-state index in [2.05, 4.69) is 20.8 Å². The number of halogens is 1. The summed E-state index contributed by atoms with van der Waals surface area (Å²) in [5, 5.41) is 12.3. The summed E-state index contributed by atoms with van der Waals surface area (Å²) < 4.78 is 23.5. The smallest absolute Gasteiger partial charge is 0.276 e. The molecule has 0 unspecified atom stereocenters. The summed E-state index contributed by atoms with van der Waals surface area (Å²) in [5.74, 6) is -1.11. The Morgan fingerprint density at radius 3 is 2.35 bits per heavy atom. The molecule has 0 radical (unpaired) electrons. The van der Waals surface area contributed by atoms with Gasteiger partial charge < -0.3 is 10.6 Å². The lowest BCUT2D eigenvalue weighted by molar-refractivity contribution is 0.101. The summed E-state index contributed by atoms with van der Waals surface area (Å²) in [7, 11) is -3.47. The maximum atomic E-state index is 12.8. The summed E-state index contributed by atoms with van der Waals surface area (Å²) >= 11 is 6.29. The van der Waals surface area contributed by atoms with Crippen LogP contribution >= 0.6 is 11.6 Å². The van der Waals surface area contributed by atoms with Gasteiger partial charge in [-0.15, -0.1) is 0 Å². The average Bonchev–Trinajstić information content (AvgIpc) is 2.80. The Hall–Kier alpha value is -4.02. The molecule has 9 nitrogen and oxygen atoms in total. The molecule has 1 aromatic heterocycles. The molecule has 0 spiro atoms. The zero-order valence-electron chi connectivity index (χ0n) is 17.6. The molecule has 0 saturated heterocycles. The number of aromatic amines is 1. The van der Waals surface area contributed by atoms with E-state index in [4.69, 9.17) is 11.6 Å². The highest BCUT2D eigenvalue weighted by molar-refractivity contribution is 7.90. The minimum absolute atomic E-state index is 0.0210. The normalized spacial score (nSPS) is 11.2. The zero-order chi connectivity index (χ0) is 24.5. The Balaban J connectivity index is 1.53. The van der Waals surface area contributed by atoms with E-state index in [0.29, 0.717) is 16.5 Å². The van der Waals surface area contributed by atoms with Gasteiger partial charge in [-0.3, -0.25) is 14.4 Å². The van der Waals surface area contributed by atoms with Crippen molar-refractivity contribution in [2.24, 2.45) is 0 Å². The standard InChI is InChI=1S/C23H17ClN4O5S/c1-34(32,33)15-6-4-5-13(11-15)21(29)26-19-10-9-14(12-18(19)24)25-23(31)20-16-7-2-3-8-17(16)22(30)28-27-20/h2-12H,1H3,(H,25,31)(H,26,29)(H,28,30). The molecule has 0 aliphatic heterocycles. The molecule has 0 aliphatic carbocycles. The number of anilines is 2. The van der Waals surface area contributed by atoms with Crippen molar-refractivity contribution in [1.82, 2.24) is 10.2 Å². The van der Waals surface area contributed by atoms with Crippen LogP contribution in [0.25, 0.3) is 10.8 Å². The molecule has 0 aliphatic rings. The maximum absolute atomic E-state index is 12.8. The fourth-order valence-electron chi connectivity index (χ4n) is 3.23. The number of carbonyl (C=O) groups is 2. The van der Waals surface area contributed by atoms with E-state index >= 15 is 0 Å². The van der Waals surface area contributed by atoms with Crippen LogP contribution in [-0.2, 0) is 9.84 Å². The molecule has 4 aromatic rings. The molecule has 0 atom stereocenters. The molecule has 4 rings (SSSR count). The van der Waals surface area contributed by atoms with Crippen molar-refractivity contribution < 1.29 is 18.0 Å². The van der Waals surface area contributed by atoms with E-state index in [0.717, 1.165) is 6.26 Å². The average molecular weight is 497 g/mol. The van der Waals surface area contributed by atoms with Crippen LogP contribution in [0.2, 0.25) is 5.02 Å². The number of fused-ring (bicyclic) bond motifs is 1. The van der Waals surface area contributed by atoms with Gasteiger partial charge in [0.2, 0.25) is 0 Å². The second kappa shape index (κ2) is 9.08. The lowest BCUT2D eigenvalue weighted by Crippen LogP contribution is -2.19. The van der Waals surface area contributed by atoms with Crippen LogP contribution < -0.4 is 16.2 Å². The molecule has 172 valence electrons. The largest absolute Gasteiger partial charge is 0.321 e. The first-order valence-electron chi connectivity index (χ1n) is 9.83. The van der Waals surface area contributed by atoms with E-state index < -0.39 is 27.2 Å². The Morgan fingerprint density at radius 1 is 0.912 bits per heavy atom. The molecule has 11 heteroatoms. The molecular weight excluding hydrogens is 480 g/mol. The van der Waals surface area contributed by atoms with Crippen LogP contribution in [0.5, 0.6) is 0 Å². The molecule has 34 heavy (non-hydrogen) atoms. The van der Waals surface area contributed by atoms with Gasteiger partial charge in [-0.1, -0.05) is 35.9 Å². The van der Waals surface area contributed by atoms with Crippen LogP contribution in [0, 0.1) is 0 Å². The van der Waals surface area contributed by atoms with Crippen molar-refractivity contribution in [3.63, 3.8) is 0 Å². The lowest BCUT2D eigenvalue weighted by atomic mass is 10.1. The van der Waals surface area contributed by atoms with Gasteiger partial charge in [0.05, 0.1) is 21.0 Å². The van der Waals surface area contributed by atoms with Gasteiger partial charge >= 0.3 is 0 Å². The first-order chi connectivity index (χ1) is 16.1. The Bertz CT molecular complexity index is 1620. The quantitative estimate of drug-likeness (QED) is 0.386. The van der Waals surface area contributed by atoms with Crippen molar-refractivity contribution in [3.05, 3.63) is 93.4 Å². The van der Waals surface area contributed by atoms with Gasteiger partial charge in [0.1, 0.15) is 0 Å². The fourth-order valence-corrected chi connectivity index (χ4v) is 4.13. The number of sulfone groups is 1. The molecule has 3 N–H and O–H groups in total. The number of carbonyl (C=O) groups excluding carboxylic acids is 2. The van der Waals surface area contributed by atoms with Crippen molar-refractivity contribution >= 4 is 55.4 Å². The van der Waals surface area contributed by atoms with Crippen molar-refractivity contribution in [3.8, 4) is 0 Å². The molecule has 2 amide bonds. The van der Waals surface area contributed by atoms with Gasteiger partial charge in [-0.2, -0.15) is 5.10 Å². The molecule has 1 heterocycles. The monoisotopic (exact) mass is 496 g/mol. The number of aromatic nitrogens is 2. The summed E-state index contributed by atoms with van der Waals surface area (Å²) in [6, 6.07) is 16.7. The highest BCUT2D eigenvalue weighted by Gasteiger charge is 2.16. The number of hydrogen-bond donors (Lipinski definition) is 3. The lowest BCUT2D eigenvalue weighted by Gasteiger charge is -2.11. The SMILES string of the molecule is CS(=O)(=O)c1cccc(C(=O)Nc2ccc(NC(=O)c3n[nH]c(=O)c4ccccc34)cc2Cl)c1. The third kappa shape index (κ3) is 4.82. The van der Waals surface area contributed by atoms with Crippen LogP contribution in [0.3, 0.4) is 0 Å². The van der Waals surface area contributed by atoms with Gasteiger partial charge in [0.25, 0.3) is 17.4 Å². The highest BCUT2D eigenvalue weighted by Crippen LogP contribution is 2.27. The summed E-state index contributed by atoms with van der Waals surface area (Å²) in [5.41, 5.74) is 0.380. The third-order valence-corrected chi connectivity index (χ3v) is 6.33. The second-order valence-corrected chi connectivity index (χ2v) is 9.77. The Labute approximate surface area is 198 Å². The van der Waals surface area contributed by atoms with Gasteiger partial charge in [0, 0.05) is 22.9 Å². The summed E-state index contributed by atoms with van der Waals surface area (Å²) in [4.78, 5) is 37.3. The minimum atomic E-state index is -3.47. The van der Waals surface area contributed by atoms with E-state index in [1.807, 2.05) is 0 Å². The van der Waals surface area contributed by atoms with Crippen LogP contribution in [0.15, 0.2) is 76.4 Å². The van der Waals surface area contributed by atoms with Gasteiger partial charge in [0.15, 0.2) is 15.5 Å². The Kier molecular flexibility index (Phi) is 6.18. The van der Waals surface area contributed by atoms with Crippen LogP contribution in [0.1, 0.15) is 20.8 Å². The summed E-state index contributed by atoms with van der Waals surface area (Å²) in [6.07, 6.45) is 1.05. The van der Waals surface area contributed by atoms with E-state index in [-0.39, 0.29) is 26.9 Å².